The summed E-state index contributed by atoms with van der Waals surface area (Å²) in [6.45, 7) is 6.22. The Balaban J connectivity index is 0.00000320. The van der Waals surface area contributed by atoms with Gasteiger partial charge in [0.05, 0.1) is 12.0 Å². The van der Waals surface area contributed by atoms with E-state index in [0.717, 1.165) is 49.1 Å². The van der Waals surface area contributed by atoms with Crippen molar-refractivity contribution in [2.75, 3.05) is 39.8 Å². The first-order valence-corrected chi connectivity index (χ1v) is 11.1. The lowest BCUT2D eigenvalue weighted by Gasteiger charge is -2.22. The third-order valence-corrected chi connectivity index (χ3v) is 5.91. The van der Waals surface area contributed by atoms with E-state index < -0.39 is 0 Å². The van der Waals surface area contributed by atoms with Crippen LogP contribution in [0.1, 0.15) is 40.9 Å². The predicted octanol–water partition coefficient (Wildman–Crippen LogP) is 3.95. The minimum absolute atomic E-state index is 0. The number of halogens is 1. The van der Waals surface area contributed by atoms with E-state index in [2.05, 4.69) is 34.6 Å². The standard InChI is InChI=1S/C22H30N4O2S.HI/c1-3-23-22(25-13-5-12-24-21(27)20-6-4-15-29-20)26-14-11-18(16-26)17-7-9-19(28-2)10-8-17;/h4,6-10,15,18H,3,5,11-14,16H2,1-2H3,(H,23,25)(H,24,27);1H. The quantitative estimate of drug-likeness (QED) is 0.230. The Labute approximate surface area is 200 Å². The zero-order valence-corrected chi connectivity index (χ0v) is 20.7. The van der Waals surface area contributed by atoms with Crippen LogP contribution < -0.4 is 15.4 Å². The van der Waals surface area contributed by atoms with Crippen LogP contribution in [-0.2, 0) is 0 Å². The Morgan fingerprint density at radius 1 is 1.27 bits per heavy atom. The smallest absolute Gasteiger partial charge is 0.261 e. The fraction of sp³-hybridized carbons (Fsp3) is 0.455. The molecule has 1 atom stereocenters. The number of hydrogen-bond donors (Lipinski definition) is 2. The molecule has 1 aliphatic heterocycles. The molecule has 3 rings (SSSR count). The second kappa shape index (κ2) is 12.8. The van der Waals surface area contributed by atoms with E-state index in [1.54, 1.807) is 7.11 Å². The first kappa shape index (κ1) is 24.5. The molecule has 1 fully saturated rings. The number of ether oxygens (including phenoxy) is 1. The number of thiophene rings is 1. The fourth-order valence-corrected chi connectivity index (χ4v) is 4.13. The van der Waals surface area contributed by atoms with Gasteiger partial charge in [-0.05, 0) is 48.9 Å². The lowest BCUT2D eigenvalue weighted by molar-refractivity contribution is 0.0957. The number of amides is 1. The van der Waals surface area contributed by atoms with Crippen molar-refractivity contribution in [1.29, 1.82) is 0 Å². The molecule has 1 aliphatic rings. The zero-order valence-electron chi connectivity index (χ0n) is 17.6. The molecule has 1 unspecified atom stereocenters. The maximum Gasteiger partial charge on any atom is 0.261 e. The molecule has 8 heteroatoms. The average Bonchev–Trinajstić information content (AvgIpc) is 3.45. The molecule has 0 radical (unpaired) electrons. The maximum absolute atomic E-state index is 12.0. The van der Waals surface area contributed by atoms with E-state index in [9.17, 15) is 4.79 Å². The zero-order chi connectivity index (χ0) is 20.5. The summed E-state index contributed by atoms with van der Waals surface area (Å²) in [5, 5.41) is 8.28. The second-order valence-corrected chi connectivity index (χ2v) is 7.97. The van der Waals surface area contributed by atoms with E-state index in [1.807, 2.05) is 29.6 Å². The topological polar surface area (TPSA) is 66.0 Å². The van der Waals surface area contributed by atoms with E-state index in [-0.39, 0.29) is 29.9 Å². The van der Waals surface area contributed by atoms with Crippen molar-refractivity contribution in [2.24, 2.45) is 4.99 Å². The summed E-state index contributed by atoms with van der Waals surface area (Å²) in [6.07, 6.45) is 1.94. The number of hydrogen-bond acceptors (Lipinski definition) is 4. The number of carbonyl (C=O) groups excluding carboxylic acids is 1. The minimum Gasteiger partial charge on any atom is -0.497 e. The van der Waals surface area contributed by atoms with Crippen LogP contribution in [0.4, 0.5) is 0 Å². The van der Waals surface area contributed by atoms with Crippen molar-refractivity contribution >= 4 is 47.2 Å². The van der Waals surface area contributed by atoms with Gasteiger partial charge in [-0.25, -0.2) is 0 Å². The molecular weight excluding hydrogens is 511 g/mol. The average molecular weight is 542 g/mol. The Morgan fingerprint density at radius 3 is 2.73 bits per heavy atom. The van der Waals surface area contributed by atoms with Crippen molar-refractivity contribution in [1.82, 2.24) is 15.5 Å². The summed E-state index contributed by atoms with van der Waals surface area (Å²) in [5.41, 5.74) is 1.35. The molecule has 2 aromatic rings. The first-order chi connectivity index (χ1) is 14.2. The molecule has 0 bridgehead atoms. The van der Waals surface area contributed by atoms with Crippen molar-refractivity contribution in [3.05, 3.63) is 52.2 Å². The number of nitrogens with one attached hydrogen (secondary N) is 2. The number of rotatable bonds is 8. The Kier molecular flexibility index (Phi) is 10.4. The largest absolute Gasteiger partial charge is 0.497 e. The highest BCUT2D eigenvalue weighted by Gasteiger charge is 2.26. The number of carbonyl (C=O) groups is 1. The Morgan fingerprint density at radius 2 is 2.07 bits per heavy atom. The van der Waals surface area contributed by atoms with Crippen LogP contribution >= 0.6 is 35.3 Å². The van der Waals surface area contributed by atoms with E-state index >= 15 is 0 Å². The fourth-order valence-electron chi connectivity index (χ4n) is 3.49. The Hall–Kier alpha value is -1.81. The van der Waals surface area contributed by atoms with Crippen molar-refractivity contribution in [3.63, 3.8) is 0 Å². The van der Waals surface area contributed by atoms with Crippen LogP contribution in [0.15, 0.2) is 46.8 Å². The van der Waals surface area contributed by atoms with E-state index in [4.69, 9.17) is 9.73 Å². The highest BCUT2D eigenvalue weighted by atomic mass is 127. The third kappa shape index (κ3) is 6.87. The van der Waals surface area contributed by atoms with Crippen LogP contribution in [0.25, 0.3) is 0 Å². The number of methoxy groups -OCH3 is 1. The normalized spacial score (nSPS) is 16.1. The van der Waals surface area contributed by atoms with E-state index in [0.29, 0.717) is 19.0 Å². The minimum atomic E-state index is -0.00207. The third-order valence-electron chi connectivity index (χ3n) is 5.04. The van der Waals surface area contributed by atoms with Gasteiger partial charge in [0.1, 0.15) is 5.75 Å². The molecule has 1 saturated heterocycles. The SMILES string of the molecule is CCNC(=NCCCNC(=O)c1cccs1)N1CCC(c2ccc(OC)cc2)C1.I. The summed E-state index contributed by atoms with van der Waals surface area (Å²) in [5.74, 6) is 2.37. The molecule has 164 valence electrons. The summed E-state index contributed by atoms with van der Waals surface area (Å²) in [6, 6.07) is 12.1. The van der Waals surface area contributed by atoms with Crippen LogP contribution in [0, 0.1) is 0 Å². The van der Waals surface area contributed by atoms with Gasteiger partial charge in [-0.15, -0.1) is 35.3 Å². The van der Waals surface area contributed by atoms with Crippen molar-refractivity contribution in [2.45, 2.75) is 25.7 Å². The van der Waals surface area contributed by atoms with Crippen molar-refractivity contribution in [3.8, 4) is 5.75 Å². The maximum atomic E-state index is 12.0. The summed E-state index contributed by atoms with van der Waals surface area (Å²) in [4.78, 5) is 19.8. The molecule has 0 spiro atoms. The molecule has 2 heterocycles. The predicted molar refractivity (Wildman–Crippen MR) is 135 cm³/mol. The monoisotopic (exact) mass is 542 g/mol. The van der Waals surface area contributed by atoms with Gasteiger partial charge in [-0.3, -0.25) is 9.79 Å². The number of benzene rings is 1. The second-order valence-electron chi connectivity index (χ2n) is 7.03. The summed E-state index contributed by atoms with van der Waals surface area (Å²) < 4.78 is 5.26. The number of guanidine groups is 1. The molecule has 1 amide bonds. The highest BCUT2D eigenvalue weighted by Crippen LogP contribution is 2.28. The number of likely N-dealkylation sites (tertiary alicyclic amines) is 1. The molecule has 2 N–H and O–H groups in total. The Bertz CT molecular complexity index is 796. The van der Waals surface area contributed by atoms with Gasteiger partial charge >= 0.3 is 0 Å². The molecule has 0 aliphatic carbocycles. The number of aliphatic imine (C=N–C) groups is 1. The molecule has 0 saturated carbocycles. The highest BCUT2D eigenvalue weighted by molar-refractivity contribution is 14.0. The molecule has 30 heavy (non-hydrogen) atoms. The van der Waals surface area contributed by atoms with Gasteiger partial charge in [-0.2, -0.15) is 0 Å². The van der Waals surface area contributed by atoms with Gasteiger partial charge < -0.3 is 20.3 Å². The van der Waals surface area contributed by atoms with Crippen LogP contribution in [0.2, 0.25) is 0 Å². The summed E-state index contributed by atoms with van der Waals surface area (Å²) in [7, 11) is 1.69. The lowest BCUT2D eigenvalue weighted by atomic mass is 9.98. The van der Waals surface area contributed by atoms with E-state index in [1.165, 1.54) is 16.9 Å². The first-order valence-electron chi connectivity index (χ1n) is 10.2. The van der Waals surface area contributed by atoms with Gasteiger partial charge in [0.2, 0.25) is 0 Å². The lowest BCUT2D eigenvalue weighted by Crippen LogP contribution is -2.40. The van der Waals surface area contributed by atoms with Gasteiger partial charge in [-0.1, -0.05) is 18.2 Å². The molecule has 1 aromatic carbocycles. The molecule has 1 aromatic heterocycles. The number of nitrogens with zero attached hydrogens (tertiary/aromatic N) is 2. The van der Waals surface area contributed by atoms with Gasteiger partial charge in [0.25, 0.3) is 5.91 Å². The van der Waals surface area contributed by atoms with Crippen molar-refractivity contribution < 1.29 is 9.53 Å². The van der Waals surface area contributed by atoms with Gasteiger partial charge in [0.15, 0.2) is 5.96 Å². The molecule has 6 nitrogen and oxygen atoms in total. The molecular formula is C22H31IN4O2S. The van der Waals surface area contributed by atoms with Gasteiger partial charge in [0, 0.05) is 38.6 Å². The van der Waals surface area contributed by atoms with Crippen LogP contribution in [0.3, 0.4) is 0 Å². The van der Waals surface area contributed by atoms with Crippen LogP contribution in [-0.4, -0.2) is 56.6 Å². The summed E-state index contributed by atoms with van der Waals surface area (Å²) >= 11 is 1.46. The van der Waals surface area contributed by atoms with Crippen LogP contribution in [0.5, 0.6) is 5.75 Å².